The highest BCUT2D eigenvalue weighted by molar-refractivity contribution is 5.06. The molecule has 0 spiro atoms. The third-order valence-corrected chi connectivity index (χ3v) is 2.26. The molecule has 0 bridgehead atoms. The number of nitrogens with one attached hydrogen (secondary N) is 1. The Morgan fingerprint density at radius 2 is 2.27 bits per heavy atom. The summed E-state index contributed by atoms with van der Waals surface area (Å²) in [4.78, 5) is 0. The van der Waals surface area contributed by atoms with Gasteiger partial charge in [-0.3, -0.25) is 0 Å². The first-order chi connectivity index (χ1) is 5.33. The first-order valence-electron chi connectivity index (χ1n) is 4.01. The molecule has 1 aliphatic rings. The van der Waals surface area contributed by atoms with Crippen molar-refractivity contribution in [2.45, 2.75) is 24.8 Å². The highest BCUT2D eigenvalue weighted by Gasteiger charge is 2.28. The van der Waals surface area contributed by atoms with E-state index in [1.54, 1.807) is 0 Å². The van der Waals surface area contributed by atoms with Crippen LogP contribution in [0.3, 0.4) is 0 Å². The molecule has 3 nitrogen and oxygen atoms in total. The number of hydrogen-bond donors (Lipinski definition) is 1. The van der Waals surface area contributed by atoms with E-state index in [4.69, 9.17) is 10.00 Å². The van der Waals surface area contributed by atoms with Crippen molar-refractivity contribution in [3.63, 3.8) is 0 Å². The van der Waals surface area contributed by atoms with Gasteiger partial charge in [-0.25, -0.2) is 0 Å². The van der Waals surface area contributed by atoms with Crippen LogP contribution >= 0.6 is 0 Å². The van der Waals surface area contributed by atoms with Crippen LogP contribution in [0.5, 0.6) is 0 Å². The zero-order chi connectivity index (χ0) is 8.16. The molecule has 0 aromatic heterocycles. The van der Waals surface area contributed by atoms with Gasteiger partial charge in [-0.1, -0.05) is 0 Å². The van der Waals surface area contributed by atoms with Crippen LogP contribution in [0.15, 0.2) is 0 Å². The topological polar surface area (TPSA) is 45.0 Å². The van der Waals surface area contributed by atoms with E-state index >= 15 is 0 Å². The van der Waals surface area contributed by atoms with Crippen LogP contribution in [0.4, 0.5) is 0 Å². The molecule has 1 unspecified atom stereocenters. The standard InChI is InChI=1S/C8H14N2O/c1-10-8(7-9)3-2-5-11-6-4-8/h10H,2-6H2,1H3. The van der Waals surface area contributed by atoms with E-state index in [2.05, 4.69) is 11.4 Å². The van der Waals surface area contributed by atoms with Crippen molar-refractivity contribution in [2.24, 2.45) is 0 Å². The summed E-state index contributed by atoms with van der Waals surface area (Å²) >= 11 is 0. The van der Waals surface area contributed by atoms with Crippen LogP contribution in [0.1, 0.15) is 19.3 Å². The Labute approximate surface area is 67.3 Å². The summed E-state index contributed by atoms with van der Waals surface area (Å²) in [6.07, 6.45) is 2.69. The smallest absolute Gasteiger partial charge is 0.108 e. The molecule has 1 aliphatic heterocycles. The summed E-state index contributed by atoms with van der Waals surface area (Å²) in [6.45, 7) is 1.50. The van der Waals surface area contributed by atoms with E-state index in [9.17, 15) is 0 Å². The van der Waals surface area contributed by atoms with E-state index in [0.717, 1.165) is 25.9 Å². The van der Waals surface area contributed by atoms with Gasteiger partial charge in [-0.2, -0.15) is 5.26 Å². The Bertz CT molecular complexity index is 154. The average molecular weight is 154 g/mol. The van der Waals surface area contributed by atoms with Gasteiger partial charge in [0.25, 0.3) is 0 Å². The van der Waals surface area contributed by atoms with Crippen LogP contribution in [-0.2, 0) is 4.74 Å². The predicted molar refractivity (Wildman–Crippen MR) is 42.1 cm³/mol. The second-order valence-corrected chi connectivity index (χ2v) is 2.91. The number of nitrogens with zero attached hydrogens (tertiary/aromatic N) is 1. The summed E-state index contributed by atoms with van der Waals surface area (Å²) in [6, 6.07) is 2.32. The minimum atomic E-state index is -0.323. The molecule has 0 amide bonds. The first kappa shape index (κ1) is 8.51. The van der Waals surface area contributed by atoms with Crippen molar-refractivity contribution in [1.29, 1.82) is 5.26 Å². The Morgan fingerprint density at radius 3 is 2.91 bits per heavy atom. The van der Waals surface area contributed by atoms with Gasteiger partial charge in [0.2, 0.25) is 0 Å². The van der Waals surface area contributed by atoms with Gasteiger partial charge < -0.3 is 10.1 Å². The van der Waals surface area contributed by atoms with Crippen molar-refractivity contribution in [1.82, 2.24) is 5.32 Å². The lowest BCUT2D eigenvalue weighted by Gasteiger charge is -2.22. The Balaban J connectivity index is 2.58. The maximum absolute atomic E-state index is 8.90. The second-order valence-electron chi connectivity index (χ2n) is 2.91. The van der Waals surface area contributed by atoms with Gasteiger partial charge in [0.15, 0.2) is 0 Å². The molecule has 62 valence electrons. The van der Waals surface area contributed by atoms with Crippen molar-refractivity contribution in [3.8, 4) is 6.07 Å². The van der Waals surface area contributed by atoms with Crippen molar-refractivity contribution in [2.75, 3.05) is 20.3 Å². The molecule has 0 saturated carbocycles. The van der Waals surface area contributed by atoms with Crippen molar-refractivity contribution >= 4 is 0 Å². The molecule has 1 rings (SSSR count). The maximum Gasteiger partial charge on any atom is 0.108 e. The number of ether oxygens (including phenoxy) is 1. The third-order valence-electron chi connectivity index (χ3n) is 2.26. The van der Waals surface area contributed by atoms with Crippen LogP contribution in [0, 0.1) is 11.3 Å². The quantitative estimate of drug-likeness (QED) is 0.603. The Morgan fingerprint density at radius 1 is 1.45 bits per heavy atom. The van der Waals surface area contributed by atoms with Gasteiger partial charge in [-0.05, 0) is 19.9 Å². The maximum atomic E-state index is 8.90. The second kappa shape index (κ2) is 3.70. The van der Waals surface area contributed by atoms with E-state index in [1.807, 2.05) is 7.05 Å². The fourth-order valence-corrected chi connectivity index (χ4v) is 1.37. The Kier molecular flexibility index (Phi) is 2.86. The number of nitriles is 1. The minimum Gasteiger partial charge on any atom is -0.381 e. The molecular weight excluding hydrogens is 140 g/mol. The first-order valence-corrected chi connectivity index (χ1v) is 4.01. The van der Waals surface area contributed by atoms with Crippen LogP contribution in [0.25, 0.3) is 0 Å². The summed E-state index contributed by atoms with van der Waals surface area (Å²) in [5.74, 6) is 0. The highest BCUT2D eigenvalue weighted by Crippen LogP contribution is 2.19. The summed E-state index contributed by atoms with van der Waals surface area (Å²) in [5, 5.41) is 12.0. The fourth-order valence-electron chi connectivity index (χ4n) is 1.37. The van der Waals surface area contributed by atoms with E-state index in [1.165, 1.54) is 0 Å². The van der Waals surface area contributed by atoms with Gasteiger partial charge in [0.1, 0.15) is 5.54 Å². The summed E-state index contributed by atoms with van der Waals surface area (Å²) < 4.78 is 5.26. The highest BCUT2D eigenvalue weighted by atomic mass is 16.5. The van der Waals surface area contributed by atoms with Crippen LogP contribution in [0.2, 0.25) is 0 Å². The zero-order valence-corrected chi connectivity index (χ0v) is 6.89. The lowest BCUT2D eigenvalue weighted by molar-refractivity contribution is 0.140. The van der Waals surface area contributed by atoms with E-state index in [0.29, 0.717) is 6.61 Å². The molecule has 0 aromatic rings. The molecule has 1 heterocycles. The minimum absolute atomic E-state index is 0.323. The molecular formula is C8H14N2O. The van der Waals surface area contributed by atoms with Gasteiger partial charge in [0, 0.05) is 19.6 Å². The normalized spacial score (nSPS) is 32.4. The molecule has 1 atom stereocenters. The van der Waals surface area contributed by atoms with Crippen LogP contribution in [-0.4, -0.2) is 25.8 Å². The van der Waals surface area contributed by atoms with Gasteiger partial charge in [-0.15, -0.1) is 0 Å². The van der Waals surface area contributed by atoms with E-state index in [-0.39, 0.29) is 5.54 Å². The fraction of sp³-hybridized carbons (Fsp3) is 0.875. The van der Waals surface area contributed by atoms with Crippen LogP contribution < -0.4 is 5.32 Å². The number of hydrogen-bond acceptors (Lipinski definition) is 3. The lowest BCUT2D eigenvalue weighted by Crippen LogP contribution is -2.41. The largest absolute Gasteiger partial charge is 0.381 e. The lowest BCUT2D eigenvalue weighted by atomic mass is 9.93. The molecule has 1 fully saturated rings. The van der Waals surface area contributed by atoms with Gasteiger partial charge in [0.05, 0.1) is 6.07 Å². The predicted octanol–water partition coefficient (Wildman–Crippen LogP) is 0.669. The molecule has 0 radical (unpaired) electrons. The molecule has 1 saturated heterocycles. The summed E-state index contributed by atoms with van der Waals surface area (Å²) in [7, 11) is 1.84. The van der Waals surface area contributed by atoms with Crippen molar-refractivity contribution < 1.29 is 4.74 Å². The Hall–Kier alpha value is -0.590. The molecule has 0 aromatic carbocycles. The molecule has 11 heavy (non-hydrogen) atoms. The molecule has 0 aliphatic carbocycles. The average Bonchev–Trinajstić information content (AvgIpc) is 2.30. The van der Waals surface area contributed by atoms with Crippen molar-refractivity contribution in [3.05, 3.63) is 0 Å². The zero-order valence-electron chi connectivity index (χ0n) is 6.89. The third kappa shape index (κ3) is 1.92. The number of rotatable bonds is 1. The summed E-state index contributed by atoms with van der Waals surface area (Å²) in [5.41, 5.74) is -0.323. The monoisotopic (exact) mass is 154 g/mol. The SMILES string of the molecule is CNC1(C#N)CCCOCC1. The van der Waals surface area contributed by atoms with E-state index < -0.39 is 0 Å². The van der Waals surface area contributed by atoms with Gasteiger partial charge >= 0.3 is 0 Å². The molecule has 1 N–H and O–H groups in total. The molecule has 3 heteroatoms.